The second kappa shape index (κ2) is 8.55. The minimum Gasteiger partial charge on any atom is -0.388 e. The van der Waals surface area contributed by atoms with Gasteiger partial charge in [-0.25, -0.2) is 4.31 Å². The second-order valence-electron chi connectivity index (χ2n) is 5.88. The van der Waals surface area contributed by atoms with Crippen LogP contribution in [0.2, 0.25) is 0 Å². The van der Waals surface area contributed by atoms with Crippen LogP contribution in [0.15, 0.2) is 29.2 Å². The molecule has 20 heavy (non-hydrogen) atoms. The van der Waals surface area contributed by atoms with Gasteiger partial charge in [-0.05, 0) is 54.9 Å². The van der Waals surface area contributed by atoms with Gasteiger partial charge in [-0.1, -0.05) is 26.8 Å². The minimum atomic E-state index is 0.309. The lowest BCUT2D eigenvalue weighted by atomic mass is 9.88. The molecule has 0 aliphatic carbocycles. The van der Waals surface area contributed by atoms with Gasteiger partial charge in [-0.3, -0.25) is 0 Å². The summed E-state index contributed by atoms with van der Waals surface area (Å²) in [5.41, 5.74) is 7.10. The van der Waals surface area contributed by atoms with Crippen LogP contribution in [0.25, 0.3) is 0 Å². The molecule has 0 aromatic heterocycles. The van der Waals surface area contributed by atoms with E-state index < -0.39 is 0 Å². The lowest BCUT2D eigenvalue weighted by Gasteiger charge is -2.31. The number of nitrogens with one attached hydrogen (secondary N) is 1. The molecule has 3 nitrogen and oxygen atoms in total. The van der Waals surface area contributed by atoms with Crippen molar-refractivity contribution in [1.82, 2.24) is 4.31 Å². The number of hydrogen-bond acceptors (Lipinski definition) is 4. The van der Waals surface area contributed by atoms with Crippen LogP contribution >= 0.6 is 11.9 Å². The summed E-state index contributed by atoms with van der Waals surface area (Å²) in [6.45, 7) is 9.78. The van der Waals surface area contributed by atoms with Crippen molar-refractivity contribution < 1.29 is 0 Å². The first-order valence-electron chi connectivity index (χ1n) is 7.41. The van der Waals surface area contributed by atoms with Gasteiger partial charge in [0.1, 0.15) is 0 Å². The molecule has 0 radical (unpaired) electrons. The van der Waals surface area contributed by atoms with Crippen LogP contribution in [0, 0.1) is 5.41 Å². The predicted octanol–water partition coefficient (Wildman–Crippen LogP) is 3.82. The molecule has 3 N–H and O–H groups in total. The van der Waals surface area contributed by atoms with Crippen molar-refractivity contribution in [2.45, 2.75) is 38.5 Å². The molecule has 0 saturated carbocycles. The van der Waals surface area contributed by atoms with E-state index in [9.17, 15) is 0 Å². The van der Waals surface area contributed by atoms with E-state index in [2.05, 4.69) is 54.7 Å². The van der Waals surface area contributed by atoms with Gasteiger partial charge >= 0.3 is 0 Å². The Labute approximate surface area is 128 Å². The van der Waals surface area contributed by atoms with Gasteiger partial charge in [-0.2, -0.15) is 0 Å². The molecule has 4 heteroatoms. The third-order valence-corrected chi connectivity index (χ3v) is 4.48. The molecule has 0 bridgehead atoms. The Balaban J connectivity index is 2.62. The van der Waals surface area contributed by atoms with Crippen LogP contribution in [0.4, 0.5) is 5.69 Å². The van der Waals surface area contributed by atoms with E-state index in [1.807, 2.05) is 19.0 Å². The first-order valence-corrected chi connectivity index (χ1v) is 8.19. The summed E-state index contributed by atoms with van der Waals surface area (Å²) in [6, 6.07) is 8.55. The number of anilines is 1. The average Bonchev–Trinajstić information content (AvgIpc) is 2.44. The fourth-order valence-electron chi connectivity index (χ4n) is 2.20. The molecule has 0 aliphatic heterocycles. The zero-order valence-corrected chi connectivity index (χ0v) is 14.1. The zero-order chi connectivity index (χ0) is 15.0. The maximum Gasteiger partial charge on any atom is 0.0349 e. The first kappa shape index (κ1) is 17.3. The highest BCUT2D eigenvalue weighted by molar-refractivity contribution is 7.97. The monoisotopic (exact) mass is 295 g/mol. The summed E-state index contributed by atoms with van der Waals surface area (Å²) >= 11 is 1.84. The van der Waals surface area contributed by atoms with E-state index in [-0.39, 0.29) is 0 Å². The highest BCUT2D eigenvalue weighted by Crippen LogP contribution is 2.30. The summed E-state index contributed by atoms with van der Waals surface area (Å²) in [6.07, 6.45) is 2.28. The Morgan fingerprint density at radius 1 is 1.35 bits per heavy atom. The third-order valence-electron chi connectivity index (χ3n) is 3.37. The molecule has 0 spiro atoms. The van der Waals surface area contributed by atoms with Gasteiger partial charge < -0.3 is 11.1 Å². The van der Waals surface area contributed by atoms with Crippen LogP contribution in [0.1, 0.15) is 33.6 Å². The van der Waals surface area contributed by atoms with E-state index >= 15 is 0 Å². The van der Waals surface area contributed by atoms with Crippen LogP contribution < -0.4 is 11.1 Å². The molecule has 0 saturated heterocycles. The summed E-state index contributed by atoms with van der Waals surface area (Å²) in [5, 5.41) is 3.19. The van der Waals surface area contributed by atoms with Gasteiger partial charge in [0.05, 0.1) is 0 Å². The van der Waals surface area contributed by atoms with Gasteiger partial charge in [0, 0.05) is 30.7 Å². The van der Waals surface area contributed by atoms with Crippen molar-refractivity contribution in [2.75, 3.05) is 32.0 Å². The van der Waals surface area contributed by atoms with Crippen LogP contribution in [-0.4, -0.2) is 31.0 Å². The summed E-state index contributed by atoms with van der Waals surface area (Å²) in [7, 11) is 1.96. The lowest BCUT2D eigenvalue weighted by molar-refractivity contribution is 0.256. The third kappa shape index (κ3) is 6.16. The molecule has 1 rings (SSSR count). The van der Waals surface area contributed by atoms with E-state index in [0.717, 1.165) is 31.7 Å². The number of nitrogens with zero attached hydrogens (tertiary/aromatic N) is 1. The zero-order valence-electron chi connectivity index (χ0n) is 13.3. The van der Waals surface area contributed by atoms with E-state index in [4.69, 9.17) is 5.73 Å². The van der Waals surface area contributed by atoms with Crippen LogP contribution in [0.5, 0.6) is 0 Å². The summed E-state index contributed by atoms with van der Waals surface area (Å²) in [5.74, 6) is 0. The topological polar surface area (TPSA) is 41.3 Å². The van der Waals surface area contributed by atoms with Crippen molar-refractivity contribution >= 4 is 17.6 Å². The molecule has 114 valence electrons. The molecule has 0 amide bonds. The molecule has 1 aromatic rings. The second-order valence-corrected chi connectivity index (χ2v) is 7.05. The molecular weight excluding hydrogens is 266 g/mol. The van der Waals surface area contributed by atoms with Crippen molar-refractivity contribution in [3.05, 3.63) is 24.3 Å². The first-order chi connectivity index (χ1) is 9.50. The van der Waals surface area contributed by atoms with Crippen molar-refractivity contribution in [2.24, 2.45) is 11.1 Å². The standard InChI is InChI=1S/C16H29N3S/c1-5-19(13-16(2,3)10-7-11-17)20-15-9-6-8-14(12-15)18-4/h6,8-9,12,18H,5,7,10-11,13,17H2,1-4H3. The molecule has 0 heterocycles. The summed E-state index contributed by atoms with van der Waals surface area (Å²) in [4.78, 5) is 1.29. The Kier molecular flexibility index (Phi) is 7.41. The van der Waals surface area contributed by atoms with E-state index in [1.54, 1.807) is 0 Å². The fourth-order valence-corrected chi connectivity index (χ4v) is 3.36. The lowest BCUT2D eigenvalue weighted by Crippen LogP contribution is -2.30. The Morgan fingerprint density at radius 3 is 2.70 bits per heavy atom. The van der Waals surface area contributed by atoms with Crippen LogP contribution in [-0.2, 0) is 0 Å². The number of nitrogens with two attached hydrogens (primary N) is 1. The molecule has 0 unspecified atom stereocenters. The van der Waals surface area contributed by atoms with E-state index in [1.165, 1.54) is 11.3 Å². The highest BCUT2D eigenvalue weighted by atomic mass is 32.2. The molecular formula is C16H29N3S. The van der Waals surface area contributed by atoms with Gasteiger partial charge in [0.25, 0.3) is 0 Å². The van der Waals surface area contributed by atoms with Crippen molar-refractivity contribution in [3.63, 3.8) is 0 Å². The van der Waals surface area contributed by atoms with Crippen molar-refractivity contribution in [3.8, 4) is 0 Å². The Hall–Kier alpha value is -0.710. The number of benzene rings is 1. The number of rotatable bonds is 9. The molecule has 0 atom stereocenters. The molecule has 1 aromatic carbocycles. The molecule has 0 fully saturated rings. The Bertz CT molecular complexity index is 393. The summed E-state index contributed by atoms with van der Waals surface area (Å²) < 4.78 is 2.44. The smallest absolute Gasteiger partial charge is 0.0349 e. The Morgan fingerprint density at radius 2 is 2.10 bits per heavy atom. The maximum atomic E-state index is 5.63. The minimum absolute atomic E-state index is 0.309. The largest absolute Gasteiger partial charge is 0.388 e. The SMILES string of the molecule is CCN(CC(C)(C)CCCN)Sc1cccc(NC)c1. The fraction of sp³-hybridized carbons (Fsp3) is 0.625. The maximum absolute atomic E-state index is 5.63. The van der Waals surface area contributed by atoms with E-state index in [0.29, 0.717) is 5.41 Å². The van der Waals surface area contributed by atoms with Crippen LogP contribution in [0.3, 0.4) is 0 Å². The van der Waals surface area contributed by atoms with Gasteiger partial charge in [0.2, 0.25) is 0 Å². The predicted molar refractivity (Wildman–Crippen MR) is 91.2 cm³/mol. The average molecular weight is 295 g/mol. The van der Waals surface area contributed by atoms with Crippen molar-refractivity contribution in [1.29, 1.82) is 0 Å². The normalized spacial score (nSPS) is 11.9. The number of hydrogen-bond donors (Lipinski definition) is 2. The highest BCUT2D eigenvalue weighted by Gasteiger charge is 2.21. The van der Waals surface area contributed by atoms with Gasteiger partial charge in [0.15, 0.2) is 0 Å². The quantitative estimate of drug-likeness (QED) is 0.680. The van der Waals surface area contributed by atoms with Gasteiger partial charge in [-0.15, -0.1) is 0 Å². The molecule has 0 aliphatic rings.